The third-order valence-electron chi connectivity index (χ3n) is 3.32. The summed E-state index contributed by atoms with van der Waals surface area (Å²) in [6.45, 7) is 6.23. The normalized spacial score (nSPS) is 12.3. The standard InChI is InChI=1S/C17H29N3O2.HI/c1-4-6-7-11-19-17(18-5-2)20-13-16(21)14-9-8-10-15(12-14)22-3;/h8-10,12,16,21H,4-7,11,13H2,1-3H3,(H2,18,19,20);1H. The number of unbranched alkanes of at least 4 members (excludes halogenated alkanes) is 2. The van der Waals surface area contributed by atoms with Crippen molar-refractivity contribution in [3.05, 3.63) is 29.8 Å². The topological polar surface area (TPSA) is 65.9 Å². The van der Waals surface area contributed by atoms with Crippen LogP contribution >= 0.6 is 24.0 Å². The molecule has 3 N–H and O–H groups in total. The molecule has 0 saturated heterocycles. The van der Waals surface area contributed by atoms with Gasteiger partial charge in [0.05, 0.1) is 19.8 Å². The lowest BCUT2D eigenvalue weighted by atomic mass is 10.1. The summed E-state index contributed by atoms with van der Waals surface area (Å²) in [6, 6.07) is 7.44. The summed E-state index contributed by atoms with van der Waals surface area (Å²) >= 11 is 0. The second-order valence-electron chi connectivity index (χ2n) is 5.15. The first kappa shape index (κ1) is 22.0. The Bertz CT molecular complexity index is 455. The largest absolute Gasteiger partial charge is 0.497 e. The zero-order valence-electron chi connectivity index (χ0n) is 14.3. The van der Waals surface area contributed by atoms with Crippen molar-refractivity contribution in [2.75, 3.05) is 26.7 Å². The van der Waals surface area contributed by atoms with Gasteiger partial charge in [0.2, 0.25) is 0 Å². The van der Waals surface area contributed by atoms with Crippen LogP contribution in [0.3, 0.4) is 0 Å². The predicted molar refractivity (Wildman–Crippen MR) is 107 cm³/mol. The van der Waals surface area contributed by atoms with Crippen LogP contribution in [0.15, 0.2) is 29.3 Å². The molecule has 0 aliphatic rings. The van der Waals surface area contributed by atoms with Gasteiger partial charge in [-0.05, 0) is 31.0 Å². The molecule has 1 aromatic rings. The molecule has 1 rings (SSSR count). The first-order chi connectivity index (χ1) is 10.7. The molecule has 1 unspecified atom stereocenters. The quantitative estimate of drug-likeness (QED) is 0.242. The number of hydrogen-bond donors (Lipinski definition) is 3. The predicted octanol–water partition coefficient (Wildman–Crippen LogP) is 3.09. The summed E-state index contributed by atoms with van der Waals surface area (Å²) < 4.78 is 5.17. The van der Waals surface area contributed by atoms with Crippen LogP contribution in [-0.2, 0) is 0 Å². The van der Waals surface area contributed by atoms with Crippen molar-refractivity contribution in [2.24, 2.45) is 4.99 Å². The van der Waals surface area contributed by atoms with Crippen LogP contribution in [0, 0.1) is 0 Å². The van der Waals surface area contributed by atoms with Crippen molar-refractivity contribution in [3.63, 3.8) is 0 Å². The Balaban J connectivity index is 0.00000484. The lowest BCUT2D eigenvalue weighted by molar-refractivity contribution is 0.186. The summed E-state index contributed by atoms with van der Waals surface area (Å²) in [7, 11) is 1.62. The molecule has 0 radical (unpaired) electrons. The van der Waals surface area contributed by atoms with E-state index in [9.17, 15) is 5.11 Å². The van der Waals surface area contributed by atoms with Gasteiger partial charge in [-0.15, -0.1) is 24.0 Å². The highest BCUT2D eigenvalue weighted by Gasteiger charge is 2.08. The molecule has 0 bridgehead atoms. The average Bonchev–Trinajstić information content (AvgIpc) is 2.56. The Morgan fingerprint density at radius 2 is 2.04 bits per heavy atom. The third kappa shape index (κ3) is 9.00. The van der Waals surface area contributed by atoms with E-state index >= 15 is 0 Å². The molecule has 23 heavy (non-hydrogen) atoms. The number of nitrogens with one attached hydrogen (secondary N) is 2. The maximum Gasteiger partial charge on any atom is 0.191 e. The van der Waals surface area contributed by atoms with Crippen molar-refractivity contribution in [1.82, 2.24) is 10.6 Å². The molecule has 0 saturated carbocycles. The second kappa shape index (κ2) is 13.4. The van der Waals surface area contributed by atoms with Gasteiger partial charge in [0.1, 0.15) is 5.75 Å². The van der Waals surface area contributed by atoms with Crippen LogP contribution in [0.25, 0.3) is 0 Å². The van der Waals surface area contributed by atoms with E-state index in [1.54, 1.807) is 7.11 Å². The summed E-state index contributed by atoms with van der Waals surface area (Å²) in [5.41, 5.74) is 0.810. The number of benzene rings is 1. The van der Waals surface area contributed by atoms with E-state index in [0.717, 1.165) is 36.8 Å². The molecule has 1 aromatic carbocycles. The number of halogens is 1. The molecular weight excluding hydrogens is 405 g/mol. The fraction of sp³-hybridized carbons (Fsp3) is 0.588. The van der Waals surface area contributed by atoms with Crippen molar-refractivity contribution < 1.29 is 9.84 Å². The van der Waals surface area contributed by atoms with Gasteiger partial charge < -0.3 is 20.5 Å². The first-order valence-corrected chi connectivity index (χ1v) is 8.05. The molecule has 1 atom stereocenters. The van der Waals surface area contributed by atoms with Crippen LogP contribution in [0.5, 0.6) is 5.75 Å². The van der Waals surface area contributed by atoms with Gasteiger partial charge >= 0.3 is 0 Å². The molecule has 0 spiro atoms. The maximum atomic E-state index is 10.2. The van der Waals surface area contributed by atoms with E-state index in [0.29, 0.717) is 6.54 Å². The Hall–Kier alpha value is -1.02. The van der Waals surface area contributed by atoms with Gasteiger partial charge in [0.15, 0.2) is 5.96 Å². The minimum atomic E-state index is -0.638. The average molecular weight is 435 g/mol. The van der Waals surface area contributed by atoms with Crippen molar-refractivity contribution in [2.45, 2.75) is 39.2 Å². The highest BCUT2D eigenvalue weighted by molar-refractivity contribution is 14.0. The first-order valence-electron chi connectivity index (χ1n) is 8.05. The summed E-state index contributed by atoms with van der Waals surface area (Å²) in [5.74, 6) is 1.49. The molecular formula is C17H30IN3O2. The lowest BCUT2D eigenvalue weighted by Crippen LogP contribution is -2.38. The zero-order chi connectivity index (χ0) is 16.2. The van der Waals surface area contributed by atoms with Gasteiger partial charge in [-0.1, -0.05) is 31.9 Å². The van der Waals surface area contributed by atoms with E-state index in [1.165, 1.54) is 12.8 Å². The smallest absolute Gasteiger partial charge is 0.191 e. The molecule has 0 fully saturated rings. The number of methoxy groups -OCH3 is 1. The molecule has 5 nitrogen and oxygen atoms in total. The summed E-state index contributed by atoms with van der Waals surface area (Å²) in [4.78, 5) is 4.45. The number of hydrogen-bond acceptors (Lipinski definition) is 3. The molecule has 0 aliphatic heterocycles. The van der Waals surface area contributed by atoms with E-state index in [1.807, 2.05) is 31.2 Å². The van der Waals surface area contributed by atoms with E-state index in [2.05, 4.69) is 22.5 Å². The van der Waals surface area contributed by atoms with Crippen molar-refractivity contribution in [3.8, 4) is 5.75 Å². The minimum absolute atomic E-state index is 0. The fourth-order valence-corrected chi connectivity index (χ4v) is 2.06. The van der Waals surface area contributed by atoms with Gasteiger partial charge in [-0.3, -0.25) is 4.99 Å². The molecule has 132 valence electrons. The monoisotopic (exact) mass is 435 g/mol. The van der Waals surface area contributed by atoms with E-state index in [-0.39, 0.29) is 24.0 Å². The summed E-state index contributed by atoms with van der Waals surface area (Å²) in [6.07, 6.45) is 2.89. The minimum Gasteiger partial charge on any atom is -0.497 e. The van der Waals surface area contributed by atoms with Gasteiger partial charge in [-0.2, -0.15) is 0 Å². The number of ether oxygens (including phenoxy) is 1. The molecule has 6 heteroatoms. The van der Waals surface area contributed by atoms with E-state index in [4.69, 9.17) is 4.74 Å². The molecule has 0 amide bonds. The molecule has 0 aliphatic carbocycles. The Morgan fingerprint density at radius 3 is 2.70 bits per heavy atom. The van der Waals surface area contributed by atoms with Crippen molar-refractivity contribution >= 4 is 29.9 Å². The van der Waals surface area contributed by atoms with E-state index < -0.39 is 6.10 Å². The number of aliphatic hydroxyl groups is 1. The maximum absolute atomic E-state index is 10.2. The number of rotatable bonds is 9. The number of guanidine groups is 1. The van der Waals surface area contributed by atoms with Gasteiger partial charge in [-0.25, -0.2) is 0 Å². The Morgan fingerprint density at radius 1 is 1.26 bits per heavy atom. The van der Waals surface area contributed by atoms with Crippen LogP contribution in [0.2, 0.25) is 0 Å². The van der Waals surface area contributed by atoms with Crippen LogP contribution < -0.4 is 15.4 Å². The second-order valence-corrected chi connectivity index (χ2v) is 5.15. The van der Waals surface area contributed by atoms with Crippen LogP contribution in [0.4, 0.5) is 0 Å². The third-order valence-corrected chi connectivity index (χ3v) is 3.32. The zero-order valence-corrected chi connectivity index (χ0v) is 16.7. The number of aliphatic imine (C=N–C) groups is 1. The SMILES string of the molecule is CCCCCNC(=NCC(O)c1cccc(OC)c1)NCC.I. The Labute approximate surface area is 156 Å². The summed E-state index contributed by atoms with van der Waals surface area (Å²) in [5, 5.41) is 16.7. The molecule has 0 heterocycles. The lowest BCUT2D eigenvalue weighted by Gasteiger charge is -2.13. The Kier molecular flexibility index (Phi) is 12.8. The van der Waals surface area contributed by atoms with Gasteiger partial charge in [0.25, 0.3) is 0 Å². The number of aliphatic hydroxyl groups excluding tert-OH is 1. The fourth-order valence-electron chi connectivity index (χ4n) is 2.06. The van der Waals surface area contributed by atoms with Crippen LogP contribution in [0.1, 0.15) is 44.8 Å². The molecule has 0 aromatic heterocycles. The van der Waals surface area contributed by atoms with Crippen molar-refractivity contribution in [1.29, 1.82) is 0 Å². The van der Waals surface area contributed by atoms with Gasteiger partial charge in [0, 0.05) is 13.1 Å². The highest BCUT2D eigenvalue weighted by Crippen LogP contribution is 2.19. The highest BCUT2D eigenvalue weighted by atomic mass is 127. The number of nitrogens with zero attached hydrogens (tertiary/aromatic N) is 1. The van der Waals surface area contributed by atoms with Crippen LogP contribution in [-0.4, -0.2) is 37.8 Å².